The van der Waals surface area contributed by atoms with E-state index < -0.39 is 95.8 Å². The number of fused-ring (bicyclic) bond motifs is 1. The molecule has 60 heavy (non-hydrogen) atoms. The van der Waals surface area contributed by atoms with Crippen LogP contribution in [0.15, 0.2) is 36.9 Å². The van der Waals surface area contributed by atoms with E-state index in [1.165, 1.54) is 26.0 Å². The fraction of sp³-hybridized carbons (Fsp3) is 0.533. The molecule has 6 unspecified atom stereocenters. The van der Waals surface area contributed by atoms with E-state index in [-0.39, 0.29) is 60.0 Å². The average molecular weight is 932 g/mol. The zero-order chi connectivity index (χ0) is 44.6. The van der Waals surface area contributed by atoms with Crippen LogP contribution >= 0.6 is 35.2 Å². The van der Waals surface area contributed by atoms with Crippen molar-refractivity contribution in [2.24, 2.45) is 5.41 Å². The van der Waals surface area contributed by atoms with E-state index >= 15 is 0 Å². The standard InChI is InChI=1S/C30H44N7O19P3S/c1-30(2,25(43)28(44)33-8-7-20(40)32-9-10-60-21(41)11-18(39)16-5-3-4-6-17(16)38)13-53-59(50,51)56-58(48,49)52-12-19-24(55-57(45,46)47)23(42)29(54-19)37-15-36-22-26(31)34-14-35-27(22)37/h3-6,14-15,19,21,23-25,29,38,41-43H,7-13H2,1-2H3,(H,32,40)(H,33,44)(H,48,49)(H,50,51)(H2,31,34,35)(H2,45,46,47)/t19?,21?,23?,24?,25-,29-/m0/s1. The summed E-state index contributed by atoms with van der Waals surface area (Å²) < 4.78 is 62.1. The molecule has 2 aromatic heterocycles. The molecule has 8 atom stereocenters. The number of aliphatic hydroxyl groups is 3. The lowest BCUT2D eigenvalue weighted by Gasteiger charge is -2.30. The van der Waals surface area contributed by atoms with Gasteiger partial charge in [-0.1, -0.05) is 26.0 Å². The Kier molecular flexibility index (Phi) is 16.9. The summed E-state index contributed by atoms with van der Waals surface area (Å²) in [6.45, 7) is 0.241. The third-order valence-corrected chi connectivity index (χ3v) is 12.5. The second-order valence-corrected chi connectivity index (χ2v) is 19.1. The minimum atomic E-state index is -5.59. The van der Waals surface area contributed by atoms with Gasteiger partial charge in [-0.3, -0.25) is 32.5 Å². The number of aromatic nitrogens is 4. The number of nitrogen functional groups attached to an aromatic ring is 1. The Labute approximate surface area is 344 Å². The van der Waals surface area contributed by atoms with Crippen molar-refractivity contribution in [3.63, 3.8) is 0 Å². The highest BCUT2D eigenvalue weighted by Gasteiger charge is 2.50. The van der Waals surface area contributed by atoms with E-state index in [2.05, 4.69) is 34.4 Å². The number of imidazole rings is 1. The first-order chi connectivity index (χ1) is 27.9. The van der Waals surface area contributed by atoms with Crippen molar-refractivity contribution >= 4 is 69.8 Å². The van der Waals surface area contributed by atoms with Crippen molar-refractivity contribution in [1.82, 2.24) is 30.2 Å². The topological polar surface area (TPSA) is 404 Å². The highest BCUT2D eigenvalue weighted by Crippen LogP contribution is 2.61. The van der Waals surface area contributed by atoms with Crippen LogP contribution in [0.3, 0.4) is 0 Å². The first-order valence-corrected chi connectivity index (χ1v) is 23.0. The summed E-state index contributed by atoms with van der Waals surface area (Å²) in [6, 6.07) is 5.89. The number of aliphatic hydroxyl groups excluding tert-OH is 3. The number of rotatable bonds is 23. The van der Waals surface area contributed by atoms with Gasteiger partial charge in [0.05, 0.1) is 25.1 Å². The maximum atomic E-state index is 12.7. The zero-order valence-corrected chi connectivity index (χ0v) is 35.1. The van der Waals surface area contributed by atoms with E-state index in [1.807, 2.05) is 0 Å². The van der Waals surface area contributed by atoms with Crippen molar-refractivity contribution in [3.8, 4) is 5.75 Å². The summed E-state index contributed by atoms with van der Waals surface area (Å²) in [5, 5.41) is 46.2. The summed E-state index contributed by atoms with van der Waals surface area (Å²) in [4.78, 5) is 88.0. The van der Waals surface area contributed by atoms with Crippen LogP contribution in [-0.4, -0.2) is 139 Å². The lowest BCUT2D eigenvalue weighted by molar-refractivity contribution is -0.137. The molecule has 3 aromatic rings. The predicted molar refractivity (Wildman–Crippen MR) is 205 cm³/mol. The Balaban J connectivity index is 1.20. The maximum absolute atomic E-state index is 12.7. The fourth-order valence-corrected chi connectivity index (χ4v) is 8.95. The van der Waals surface area contributed by atoms with Crippen LogP contribution in [0.4, 0.5) is 5.82 Å². The van der Waals surface area contributed by atoms with E-state index in [9.17, 15) is 68.1 Å². The lowest BCUT2D eigenvalue weighted by atomic mass is 9.87. The van der Waals surface area contributed by atoms with Gasteiger partial charge in [0.2, 0.25) is 11.8 Å². The van der Waals surface area contributed by atoms with Gasteiger partial charge in [0, 0.05) is 37.1 Å². The monoisotopic (exact) mass is 931 g/mol. The maximum Gasteiger partial charge on any atom is 0.481 e. The number of nitrogens with two attached hydrogens (primary N) is 1. The van der Waals surface area contributed by atoms with Gasteiger partial charge >= 0.3 is 23.5 Å². The number of carbonyl (C=O) groups is 3. The third kappa shape index (κ3) is 14.0. The van der Waals surface area contributed by atoms with Crippen molar-refractivity contribution in [2.45, 2.75) is 62.8 Å². The number of thioether (sulfide) groups is 1. The normalized spacial score (nSPS) is 21.5. The van der Waals surface area contributed by atoms with Crippen LogP contribution in [-0.2, 0) is 45.9 Å². The highest BCUT2D eigenvalue weighted by atomic mass is 32.2. The van der Waals surface area contributed by atoms with Crippen LogP contribution in [0.1, 0.15) is 43.3 Å². The number of hydrogen-bond acceptors (Lipinski definition) is 20. The third-order valence-electron chi connectivity index (χ3n) is 8.38. The number of phenolic OH excluding ortho intramolecular Hbond substituents is 1. The molecule has 0 spiro atoms. The number of ether oxygens (including phenoxy) is 1. The molecule has 0 bridgehead atoms. The molecule has 1 fully saturated rings. The molecular weight excluding hydrogens is 887 g/mol. The van der Waals surface area contributed by atoms with Crippen molar-refractivity contribution in [3.05, 3.63) is 42.5 Å². The van der Waals surface area contributed by atoms with Gasteiger partial charge in [-0.15, -0.1) is 11.8 Å². The summed E-state index contributed by atoms with van der Waals surface area (Å²) in [5.41, 5.74) is 3.18. The Hall–Kier alpha value is -3.46. The molecule has 0 radical (unpaired) electrons. The number of aromatic hydroxyl groups is 1. The number of phosphoric ester groups is 3. The zero-order valence-electron chi connectivity index (χ0n) is 31.6. The highest BCUT2D eigenvalue weighted by molar-refractivity contribution is 7.99. The first kappa shape index (κ1) is 49.2. The molecule has 0 saturated carbocycles. The SMILES string of the molecule is CC(C)(COP(=O)(O)OP(=O)(O)OCC1O[C@H](n2cnc3c(N)ncnc32)C(O)C1OP(=O)(O)O)[C@@H](O)C(=O)NCCC(=O)NCCSC(O)CC(=O)c1ccccc1O. The first-order valence-electron chi connectivity index (χ1n) is 17.4. The van der Waals surface area contributed by atoms with Crippen LogP contribution in [0.5, 0.6) is 5.75 Å². The number of nitrogens with zero attached hydrogens (tertiary/aromatic N) is 4. The Morgan fingerprint density at radius 1 is 1.02 bits per heavy atom. The van der Waals surface area contributed by atoms with Crippen molar-refractivity contribution in [2.75, 3.05) is 37.8 Å². The van der Waals surface area contributed by atoms with Crippen LogP contribution < -0.4 is 16.4 Å². The molecule has 2 amide bonds. The van der Waals surface area contributed by atoms with E-state index in [4.69, 9.17) is 19.5 Å². The van der Waals surface area contributed by atoms with E-state index in [0.717, 1.165) is 29.0 Å². The Bertz CT molecular complexity index is 2140. The number of ketones is 1. The molecule has 4 rings (SSSR count). The van der Waals surface area contributed by atoms with Gasteiger partial charge in [-0.2, -0.15) is 4.31 Å². The Morgan fingerprint density at radius 2 is 1.70 bits per heavy atom. The fourth-order valence-electron chi connectivity index (χ4n) is 5.36. The largest absolute Gasteiger partial charge is 0.507 e. The van der Waals surface area contributed by atoms with Crippen LogP contribution in [0.25, 0.3) is 11.2 Å². The lowest BCUT2D eigenvalue weighted by Crippen LogP contribution is -2.46. The van der Waals surface area contributed by atoms with Gasteiger partial charge in [0.1, 0.15) is 47.4 Å². The molecule has 12 N–H and O–H groups in total. The number of carbonyl (C=O) groups excluding carboxylic acids is 3. The molecule has 1 aliphatic heterocycles. The molecule has 1 aromatic carbocycles. The molecule has 3 heterocycles. The number of amides is 2. The number of phenols is 1. The van der Waals surface area contributed by atoms with Gasteiger partial charge in [-0.25, -0.2) is 28.6 Å². The number of hydrogen-bond donors (Lipinski definition) is 11. The number of para-hydroxylation sites is 1. The van der Waals surface area contributed by atoms with Crippen molar-refractivity contribution in [1.29, 1.82) is 0 Å². The van der Waals surface area contributed by atoms with Gasteiger partial charge in [0.15, 0.2) is 23.5 Å². The molecule has 1 saturated heterocycles. The summed E-state index contributed by atoms with van der Waals surface area (Å²) in [7, 11) is -16.5. The summed E-state index contributed by atoms with van der Waals surface area (Å²) in [6.07, 6.45) is -7.36. The quantitative estimate of drug-likeness (QED) is 0.0246. The molecule has 26 nitrogen and oxygen atoms in total. The number of anilines is 1. The van der Waals surface area contributed by atoms with E-state index in [0.29, 0.717) is 0 Å². The average Bonchev–Trinajstić information content (AvgIpc) is 3.71. The van der Waals surface area contributed by atoms with Crippen molar-refractivity contribution < 1.29 is 90.7 Å². The van der Waals surface area contributed by atoms with Gasteiger partial charge in [0.25, 0.3) is 0 Å². The molecule has 1 aliphatic rings. The summed E-state index contributed by atoms with van der Waals surface area (Å²) >= 11 is 0.991. The number of benzene rings is 1. The minimum absolute atomic E-state index is 0.0199. The Morgan fingerprint density at radius 3 is 2.38 bits per heavy atom. The molecular formula is C30H44N7O19P3S. The number of Topliss-reactive ketones (excluding diaryl/α,β-unsaturated/α-hetero) is 1. The van der Waals surface area contributed by atoms with Gasteiger partial charge in [-0.05, 0) is 12.1 Å². The summed E-state index contributed by atoms with van der Waals surface area (Å²) in [5.74, 6) is -2.02. The molecule has 30 heteroatoms. The van der Waals surface area contributed by atoms with Gasteiger partial charge < -0.3 is 61.1 Å². The number of phosphoric acid groups is 3. The molecule has 334 valence electrons. The number of nitrogens with one attached hydrogen (secondary N) is 2. The van der Waals surface area contributed by atoms with Crippen LogP contribution in [0, 0.1) is 5.41 Å². The second kappa shape index (κ2) is 20.6. The predicted octanol–water partition coefficient (Wildman–Crippen LogP) is -0.565. The minimum Gasteiger partial charge on any atom is -0.507 e. The smallest absolute Gasteiger partial charge is 0.481 e. The molecule has 0 aliphatic carbocycles. The van der Waals surface area contributed by atoms with E-state index in [1.54, 1.807) is 12.1 Å². The van der Waals surface area contributed by atoms with Crippen LogP contribution in [0.2, 0.25) is 0 Å². The second-order valence-electron chi connectivity index (χ2n) is 13.5.